The van der Waals surface area contributed by atoms with Crippen molar-refractivity contribution in [2.75, 3.05) is 0 Å². The molecule has 0 amide bonds. The SMILES string of the molecule is O=C1C=C(C2=C(C3=CC=CC3)CC=C2)C(=O)O1. The van der Waals surface area contributed by atoms with Gasteiger partial charge in [-0.25, -0.2) is 9.59 Å². The number of carbonyl (C=O) groups is 2. The molecule has 0 aromatic carbocycles. The maximum atomic E-state index is 11.5. The quantitative estimate of drug-likeness (QED) is 0.535. The zero-order valence-electron chi connectivity index (χ0n) is 9.10. The molecule has 0 aromatic heterocycles. The van der Waals surface area contributed by atoms with Crippen molar-refractivity contribution >= 4 is 11.9 Å². The van der Waals surface area contributed by atoms with Crippen LogP contribution in [0.1, 0.15) is 12.8 Å². The molecule has 17 heavy (non-hydrogen) atoms. The number of esters is 2. The molecule has 3 nitrogen and oxygen atoms in total. The highest BCUT2D eigenvalue weighted by Gasteiger charge is 2.29. The van der Waals surface area contributed by atoms with Gasteiger partial charge in [0.15, 0.2) is 0 Å². The Bertz CT molecular complexity index is 568. The minimum absolute atomic E-state index is 0.381. The van der Waals surface area contributed by atoms with Gasteiger partial charge in [0.05, 0.1) is 5.57 Å². The summed E-state index contributed by atoms with van der Waals surface area (Å²) in [5.74, 6) is -1.11. The van der Waals surface area contributed by atoms with Gasteiger partial charge in [-0.3, -0.25) is 0 Å². The first-order valence-electron chi connectivity index (χ1n) is 5.49. The van der Waals surface area contributed by atoms with Crippen LogP contribution in [0, 0.1) is 0 Å². The van der Waals surface area contributed by atoms with Crippen LogP contribution in [0.2, 0.25) is 0 Å². The normalized spacial score (nSPS) is 22.4. The highest BCUT2D eigenvalue weighted by Crippen LogP contribution is 2.35. The second kappa shape index (κ2) is 3.70. The number of carbonyl (C=O) groups excluding carboxylic acids is 2. The molecule has 0 aromatic rings. The molecular weight excluding hydrogens is 216 g/mol. The van der Waals surface area contributed by atoms with Gasteiger partial charge < -0.3 is 4.74 Å². The van der Waals surface area contributed by atoms with Crippen molar-refractivity contribution in [2.24, 2.45) is 0 Å². The summed E-state index contributed by atoms with van der Waals surface area (Å²) in [6, 6.07) is 0. The van der Waals surface area contributed by atoms with Crippen molar-refractivity contribution < 1.29 is 14.3 Å². The molecule has 0 atom stereocenters. The largest absolute Gasteiger partial charge is 0.386 e. The van der Waals surface area contributed by atoms with Crippen LogP contribution in [-0.4, -0.2) is 11.9 Å². The van der Waals surface area contributed by atoms with Gasteiger partial charge in [0, 0.05) is 6.08 Å². The minimum Gasteiger partial charge on any atom is -0.386 e. The molecule has 0 unspecified atom stereocenters. The monoisotopic (exact) mass is 226 g/mol. The predicted octanol–water partition coefficient (Wildman–Crippen LogP) is 2.14. The Balaban J connectivity index is 2.03. The van der Waals surface area contributed by atoms with E-state index in [-0.39, 0.29) is 0 Å². The fourth-order valence-electron chi connectivity index (χ4n) is 2.27. The van der Waals surface area contributed by atoms with Crippen LogP contribution in [0.25, 0.3) is 0 Å². The number of hydrogen-bond donors (Lipinski definition) is 0. The Morgan fingerprint density at radius 1 is 1.12 bits per heavy atom. The highest BCUT2D eigenvalue weighted by molar-refractivity contribution is 6.12. The van der Waals surface area contributed by atoms with E-state index in [4.69, 9.17) is 0 Å². The number of cyclic esters (lactones) is 2. The van der Waals surface area contributed by atoms with E-state index in [1.165, 1.54) is 11.6 Å². The molecular formula is C14H10O3. The van der Waals surface area contributed by atoms with Gasteiger partial charge in [0.2, 0.25) is 0 Å². The third-order valence-electron chi connectivity index (χ3n) is 3.06. The Morgan fingerprint density at radius 3 is 2.65 bits per heavy atom. The summed E-state index contributed by atoms with van der Waals surface area (Å²) in [4.78, 5) is 22.6. The lowest BCUT2D eigenvalue weighted by molar-refractivity contribution is -0.150. The number of hydrogen-bond acceptors (Lipinski definition) is 3. The molecule has 0 spiro atoms. The van der Waals surface area contributed by atoms with Crippen molar-refractivity contribution in [2.45, 2.75) is 12.8 Å². The van der Waals surface area contributed by atoms with Crippen molar-refractivity contribution in [3.63, 3.8) is 0 Å². The van der Waals surface area contributed by atoms with E-state index in [9.17, 15) is 9.59 Å². The summed E-state index contributed by atoms with van der Waals surface area (Å²) < 4.78 is 4.52. The first-order chi connectivity index (χ1) is 8.25. The predicted molar refractivity (Wildman–Crippen MR) is 61.8 cm³/mol. The molecule has 3 aliphatic rings. The molecule has 0 N–H and O–H groups in total. The lowest BCUT2D eigenvalue weighted by Crippen LogP contribution is -2.04. The molecule has 0 fully saturated rings. The van der Waals surface area contributed by atoms with Gasteiger partial charge in [-0.1, -0.05) is 30.4 Å². The Labute approximate surface area is 98.5 Å². The van der Waals surface area contributed by atoms with Crippen molar-refractivity contribution in [1.29, 1.82) is 0 Å². The zero-order chi connectivity index (χ0) is 11.8. The molecule has 84 valence electrons. The second-order valence-electron chi connectivity index (χ2n) is 4.09. The van der Waals surface area contributed by atoms with Crippen LogP contribution in [0.4, 0.5) is 0 Å². The molecule has 0 saturated carbocycles. The van der Waals surface area contributed by atoms with E-state index in [1.807, 2.05) is 24.3 Å². The highest BCUT2D eigenvalue weighted by atomic mass is 16.6. The third-order valence-corrected chi connectivity index (χ3v) is 3.06. The van der Waals surface area contributed by atoms with Crippen LogP contribution in [0.15, 0.2) is 58.7 Å². The molecule has 3 rings (SSSR count). The summed E-state index contributed by atoms with van der Waals surface area (Å²) in [7, 11) is 0. The van der Waals surface area contributed by atoms with Gasteiger partial charge in [-0.05, 0) is 29.6 Å². The van der Waals surface area contributed by atoms with E-state index in [0.29, 0.717) is 5.57 Å². The number of rotatable bonds is 2. The Hall–Kier alpha value is -2.16. The van der Waals surface area contributed by atoms with Gasteiger partial charge in [-0.2, -0.15) is 0 Å². The molecule has 1 aliphatic heterocycles. The molecule has 3 heteroatoms. The standard InChI is InChI=1S/C14H10O3/c15-13-8-12(14(16)17-13)11-7-3-6-10(11)9-4-1-2-5-9/h1-4,7-8H,5-6H2. The van der Waals surface area contributed by atoms with Crippen molar-refractivity contribution in [1.82, 2.24) is 0 Å². The molecule has 0 radical (unpaired) electrons. The van der Waals surface area contributed by atoms with E-state index < -0.39 is 11.9 Å². The third kappa shape index (κ3) is 1.60. The minimum atomic E-state index is -0.573. The van der Waals surface area contributed by atoms with Gasteiger partial charge in [0.25, 0.3) is 0 Å². The van der Waals surface area contributed by atoms with Crippen LogP contribution >= 0.6 is 0 Å². The Kier molecular flexibility index (Phi) is 2.18. The summed E-state index contributed by atoms with van der Waals surface area (Å²) in [5.41, 5.74) is 3.54. The fourth-order valence-corrected chi connectivity index (χ4v) is 2.27. The molecule has 1 heterocycles. The first kappa shape index (κ1) is 10.0. The van der Waals surface area contributed by atoms with Crippen LogP contribution < -0.4 is 0 Å². The number of ether oxygens (including phenoxy) is 1. The van der Waals surface area contributed by atoms with E-state index in [1.54, 1.807) is 0 Å². The summed E-state index contributed by atoms with van der Waals surface area (Å²) in [5, 5.41) is 0. The topological polar surface area (TPSA) is 43.4 Å². The maximum Gasteiger partial charge on any atom is 0.346 e. The average molecular weight is 226 g/mol. The average Bonchev–Trinajstić information content (AvgIpc) is 2.97. The van der Waals surface area contributed by atoms with Crippen LogP contribution in [-0.2, 0) is 14.3 Å². The lowest BCUT2D eigenvalue weighted by atomic mass is 9.96. The van der Waals surface area contributed by atoms with Crippen molar-refractivity contribution in [3.8, 4) is 0 Å². The molecule has 2 aliphatic carbocycles. The van der Waals surface area contributed by atoms with E-state index in [2.05, 4.69) is 10.8 Å². The summed E-state index contributed by atoms with van der Waals surface area (Å²) in [6.45, 7) is 0. The van der Waals surface area contributed by atoms with E-state index >= 15 is 0 Å². The molecule has 0 bridgehead atoms. The fraction of sp³-hybridized carbons (Fsp3) is 0.143. The molecule has 0 saturated heterocycles. The lowest BCUT2D eigenvalue weighted by Gasteiger charge is -2.07. The number of allylic oxidation sites excluding steroid dienone is 7. The van der Waals surface area contributed by atoms with E-state index in [0.717, 1.165) is 24.0 Å². The smallest absolute Gasteiger partial charge is 0.346 e. The summed E-state index contributed by atoms with van der Waals surface area (Å²) >= 11 is 0. The van der Waals surface area contributed by atoms with Gasteiger partial charge in [0.1, 0.15) is 0 Å². The second-order valence-corrected chi connectivity index (χ2v) is 4.09. The van der Waals surface area contributed by atoms with Gasteiger partial charge >= 0.3 is 11.9 Å². The Morgan fingerprint density at radius 2 is 2.00 bits per heavy atom. The zero-order valence-corrected chi connectivity index (χ0v) is 9.10. The van der Waals surface area contributed by atoms with Crippen LogP contribution in [0.5, 0.6) is 0 Å². The first-order valence-corrected chi connectivity index (χ1v) is 5.49. The van der Waals surface area contributed by atoms with Crippen LogP contribution in [0.3, 0.4) is 0 Å². The summed E-state index contributed by atoms with van der Waals surface area (Å²) in [6.07, 6.45) is 13.0. The van der Waals surface area contributed by atoms with Crippen molar-refractivity contribution in [3.05, 3.63) is 58.7 Å². The maximum absolute atomic E-state index is 11.5. The van der Waals surface area contributed by atoms with Gasteiger partial charge in [-0.15, -0.1) is 0 Å².